The molecule has 4 nitrogen and oxygen atoms in total. The molecule has 0 aromatic carbocycles. The van der Waals surface area contributed by atoms with E-state index >= 15 is 0 Å². The van der Waals surface area contributed by atoms with Crippen LogP contribution in [0.15, 0.2) is 17.3 Å². The Labute approximate surface area is 111 Å². The second kappa shape index (κ2) is 6.44. The van der Waals surface area contributed by atoms with Crippen molar-refractivity contribution in [1.82, 2.24) is 9.97 Å². The Hall–Kier alpha value is -1.49. The van der Waals surface area contributed by atoms with Crippen LogP contribution in [0.1, 0.15) is 24.7 Å². The van der Waals surface area contributed by atoms with Crippen LogP contribution in [0, 0.1) is 13.8 Å². The van der Waals surface area contributed by atoms with E-state index in [1.54, 1.807) is 27.0 Å². The number of rotatable bonds is 5. The first-order valence-corrected chi connectivity index (χ1v) is 5.94. The molecule has 18 heavy (non-hydrogen) atoms. The highest BCUT2D eigenvalue weighted by molar-refractivity contribution is 6.30. The number of anilines is 1. The van der Waals surface area contributed by atoms with E-state index in [0.717, 1.165) is 0 Å². The standard InChI is InChI=1S/C12H16ClFN4/c1-5-15-8(2)6-7-18(14)12-9(3)11(13)16-10(4)17-12/h5H,2,6-7H2,1,3-4H3/b15-5-. The summed E-state index contributed by atoms with van der Waals surface area (Å²) < 4.78 is 13.9. The highest BCUT2D eigenvalue weighted by Gasteiger charge is 2.14. The van der Waals surface area contributed by atoms with Crippen molar-refractivity contribution in [3.8, 4) is 0 Å². The van der Waals surface area contributed by atoms with Gasteiger partial charge in [0.25, 0.3) is 0 Å². The summed E-state index contributed by atoms with van der Waals surface area (Å²) in [6.45, 7) is 8.99. The Balaban J connectivity index is 2.78. The van der Waals surface area contributed by atoms with Crippen LogP contribution in [0.5, 0.6) is 0 Å². The summed E-state index contributed by atoms with van der Waals surface area (Å²) in [5.74, 6) is 0.634. The van der Waals surface area contributed by atoms with Gasteiger partial charge in [0.1, 0.15) is 11.0 Å². The van der Waals surface area contributed by atoms with E-state index < -0.39 is 0 Å². The van der Waals surface area contributed by atoms with Gasteiger partial charge in [-0.15, -0.1) is 0 Å². The molecule has 1 heterocycles. The lowest BCUT2D eigenvalue weighted by Gasteiger charge is -2.15. The third-order valence-corrected chi connectivity index (χ3v) is 2.68. The van der Waals surface area contributed by atoms with E-state index in [-0.39, 0.29) is 17.5 Å². The average Bonchev–Trinajstić information content (AvgIpc) is 2.31. The molecular formula is C12H16ClFN4. The van der Waals surface area contributed by atoms with Gasteiger partial charge >= 0.3 is 0 Å². The third kappa shape index (κ3) is 3.77. The summed E-state index contributed by atoms with van der Waals surface area (Å²) in [6, 6.07) is 0. The van der Waals surface area contributed by atoms with Crippen molar-refractivity contribution in [3.63, 3.8) is 0 Å². The van der Waals surface area contributed by atoms with Crippen molar-refractivity contribution in [2.45, 2.75) is 27.2 Å². The number of halogens is 2. The Kier molecular flexibility index (Phi) is 5.22. The molecule has 0 amide bonds. The number of aliphatic imine (C=N–C) groups is 1. The largest absolute Gasteiger partial charge is 0.267 e. The molecule has 0 bridgehead atoms. The molecule has 0 atom stereocenters. The minimum atomic E-state index is 0.129. The summed E-state index contributed by atoms with van der Waals surface area (Å²) in [6.07, 6.45) is 2.04. The lowest BCUT2D eigenvalue weighted by molar-refractivity contribution is 0.427. The van der Waals surface area contributed by atoms with E-state index in [9.17, 15) is 4.48 Å². The molecule has 0 spiro atoms. The van der Waals surface area contributed by atoms with Gasteiger partial charge in [0.05, 0.1) is 6.54 Å². The van der Waals surface area contributed by atoms with Crippen LogP contribution in [0.25, 0.3) is 0 Å². The van der Waals surface area contributed by atoms with Crippen LogP contribution in [0.3, 0.4) is 0 Å². The topological polar surface area (TPSA) is 41.4 Å². The maximum atomic E-state index is 13.9. The first-order chi connectivity index (χ1) is 8.45. The molecule has 1 rings (SSSR count). The SMILES string of the molecule is C=C(CCN(F)c1nc(C)nc(Cl)c1C)/N=C\C. The normalized spacial score (nSPS) is 10.9. The molecule has 98 valence electrons. The van der Waals surface area contributed by atoms with Crippen LogP contribution in [-0.4, -0.2) is 22.7 Å². The van der Waals surface area contributed by atoms with Crippen molar-refractivity contribution < 1.29 is 4.48 Å². The number of nitrogens with zero attached hydrogens (tertiary/aromatic N) is 4. The predicted molar refractivity (Wildman–Crippen MR) is 72.9 cm³/mol. The molecule has 0 unspecified atom stereocenters. The molecule has 1 aromatic heterocycles. The highest BCUT2D eigenvalue weighted by Crippen LogP contribution is 2.24. The fourth-order valence-corrected chi connectivity index (χ4v) is 1.60. The zero-order chi connectivity index (χ0) is 13.7. The van der Waals surface area contributed by atoms with Crippen molar-refractivity contribution in [2.24, 2.45) is 4.99 Å². The summed E-state index contributed by atoms with van der Waals surface area (Å²) in [7, 11) is 0. The highest BCUT2D eigenvalue weighted by atomic mass is 35.5. The van der Waals surface area contributed by atoms with Crippen LogP contribution >= 0.6 is 11.6 Å². The Morgan fingerprint density at radius 2 is 2.17 bits per heavy atom. The predicted octanol–water partition coefficient (Wildman–Crippen LogP) is 3.43. The average molecular weight is 271 g/mol. The molecule has 0 saturated heterocycles. The van der Waals surface area contributed by atoms with Gasteiger partial charge in [-0.05, 0) is 20.8 Å². The van der Waals surface area contributed by atoms with Crippen molar-refractivity contribution >= 4 is 23.6 Å². The Bertz CT molecular complexity index is 473. The van der Waals surface area contributed by atoms with Gasteiger partial charge < -0.3 is 0 Å². The zero-order valence-corrected chi connectivity index (χ0v) is 11.5. The lowest BCUT2D eigenvalue weighted by Crippen LogP contribution is -2.17. The molecule has 0 saturated carbocycles. The van der Waals surface area contributed by atoms with Gasteiger partial charge in [0.15, 0.2) is 5.82 Å². The molecular weight excluding hydrogens is 255 g/mol. The van der Waals surface area contributed by atoms with Gasteiger partial charge in [-0.2, -0.15) is 5.12 Å². The summed E-state index contributed by atoms with van der Waals surface area (Å²) in [4.78, 5) is 12.0. The van der Waals surface area contributed by atoms with E-state index in [1.165, 1.54) is 0 Å². The van der Waals surface area contributed by atoms with E-state index in [1.807, 2.05) is 0 Å². The molecule has 0 radical (unpaired) electrons. The van der Waals surface area contributed by atoms with Gasteiger partial charge in [-0.25, -0.2) is 9.97 Å². The number of hydrogen-bond donors (Lipinski definition) is 0. The van der Waals surface area contributed by atoms with Gasteiger partial charge in [0, 0.05) is 23.9 Å². The van der Waals surface area contributed by atoms with Crippen LogP contribution in [-0.2, 0) is 0 Å². The van der Waals surface area contributed by atoms with E-state index in [4.69, 9.17) is 11.6 Å². The maximum Gasteiger partial charge on any atom is 0.165 e. The second-order valence-electron chi connectivity index (χ2n) is 3.80. The molecule has 0 N–H and O–H groups in total. The fourth-order valence-electron chi connectivity index (χ4n) is 1.40. The molecule has 6 heteroatoms. The maximum absolute atomic E-state index is 13.9. The van der Waals surface area contributed by atoms with Gasteiger partial charge in [0.2, 0.25) is 0 Å². The molecule has 1 aromatic rings. The quantitative estimate of drug-likeness (QED) is 0.468. The second-order valence-corrected chi connectivity index (χ2v) is 4.16. The van der Waals surface area contributed by atoms with Crippen molar-refractivity contribution in [3.05, 3.63) is 28.8 Å². The monoisotopic (exact) mass is 270 g/mol. The smallest absolute Gasteiger partial charge is 0.165 e. The number of aromatic nitrogens is 2. The van der Waals surface area contributed by atoms with Gasteiger partial charge in [-0.3, -0.25) is 4.99 Å². The van der Waals surface area contributed by atoms with Crippen LogP contribution < -0.4 is 5.12 Å². The molecule has 0 aliphatic heterocycles. The zero-order valence-electron chi connectivity index (χ0n) is 10.7. The van der Waals surface area contributed by atoms with Crippen LogP contribution in [0.4, 0.5) is 10.3 Å². The van der Waals surface area contributed by atoms with E-state index in [0.29, 0.717) is 28.6 Å². The summed E-state index contributed by atoms with van der Waals surface area (Å²) >= 11 is 5.89. The first-order valence-electron chi connectivity index (χ1n) is 5.56. The van der Waals surface area contributed by atoms with E-state index in [2.05, 4.69) is 21.5 Å². The Morgan fingerprint density at radius 1 is 1.50 bits per heavy atom. The fraction of sp³-hybridized carbons (Fsp3) is 0.417. The molecule has 0 aliphatic rings. The number of hydrogen-bond acceptors (Lipinski definition) is 4. The molecule has 0 aliphatic carbocycles. The summed E-state index contributed by atoms with van der Waals surface area (Å²) in [5, 5.41) is 0.817. The van der Waals surface area contributed by atoms with Crippen molar-refractivity contribution in [2.75, 3.05) is 11.7 Å². The summed E-state index contributed by atoms with van der Waals surface area (Å²) in [5.41, 5.74) is 1.14. The minimum Gasteiger partial charge on any atom is -0.267 e. The van der Waals surface area contributed by atoms with Gasteiger partial charge in [-0.1, -0.05) is 22.7 Å². The third-order valence-electron chi connectivity index (χ3n) is 2.31. The lowest BCUT2D eigenvalue weighted by atomic mass is 10.3. The first kappa shape index (κ1) is 14.6. The molecule has 0 fully saturated rings. The van der Waals surface area contributed by atoms with Crippen LogP contribution in [0.2, 0.25) is 5.15 Å². The Morgan fingerprint density at radius 3 is 2.78 bits per heavy atom. The van der Waals surface area contributed by atoms with Crippen molar-refractivity contribution in [1.29, 1.82) is 0 Å². The number of aryl methyl sites for hydroxylation is 1. The minimum absolute atomic E-state index is 0.129.